The maximum Gasteiger partial charge on any atom is 0.229 e. The molecule has 7 rings (SSSR count). The van der Waals surface area contributed by atoms with Crippen LogP contribution in [0.3, 0.4) is 0 Å². The Labute approximate surface area is 210 Å². The lowest BCUT2D eigenvalue weighted by Gasteiger charge is -2.13. The summed E-state index contributed by atoms with van der Waals surface area (Å²) in [6.45, 7) is 8.17. The van der Waals surface area contributed by atoms with Crippen molar-refractivity contribution in [2.75, 3.05) is 0 Å². The van der Waals surface area contributed by atoms with Crippen LogP contribution >= 0.6 is 11.3 Å². The van der Waals surface area contributed by atoms with Crippen molar-refractivity contribution in [3.63, 3.8) is 0 Å². The molecule has 7 aromatic rings. The van der Waals surface area contributed by atoms with E-state index in [1.165, 1.54) is 0 Å². The van der Waals surface area contributed by atoms with Crippen LogP contribution in [0, 0.1) is 17.9 Å². The molecule has 0 amide bonds. The molecule has 0 bridgehead atoms. The molecule has 4 nitrogen and oxygen atoms in total. The van der Waals surface area contributed by atoms with E-state index in [0.717, 1.165) is 53.1 Å². The molecule has 0 atom stereocenters. The van der Waals surface area contributed by atoms with E-state index in [9.17, 15) is 5.26 Å². The normalized spacial score (nSPS) is 11.3. The second-order valence-electron chi connectivity index (χ2n) is 8.65. The summed E-state index contributed by atoms with van der Waals surface area (Å²) in [5, 5.41) is 14.3. The molecule has 0 radical (unpaired) electrons. The molecule has 0 aliphatic rings. The predicted octanol–water partition coefficient (Wildman–Crippen LogP) is 8.64. The monoisotopic (exact) mass is 476 g/mol. The van der Waals surface area contributed by atoms with Gasteiger partial charge in [0.1, 0.15) is 0 Å². The van der Waals surface area contributed by atoms with Gasteiger partial charge in [0.25, 0.3) is 0 Å². The molecule has 0 N–H and O–H groups in total. The van der Waals surface area contributed by atoms with Gasteiger partial charge in [-0.2, -0.15) is 5.26 Å². The third-order valence-corrected chi connectivity index (χ3v) is 7.94. The average Bonchev–Trinajstić information content (AvgIpc) is 3.47. The fraction of sp³-hybridized carbons (Fsp3) is 0. The highest BCUT2D eigenvalue weighted by molar-refractivity contribution is 7.26. The zero-order valence-corrected chi connectivity index (χ0v) is 19.8. The number of hydrogen-bond acceptors (Lipinski definition) is 3. The molecule has 0 fully saturated rings. The van der Waals surface area contributed by atoms with Gasteiger partial charge in [0.15, 0.2) is 0 Å². The summed E-state index contributed by atoms with van der Waals surface area (Å²) in [6, 6.07) is 31.0. The fourth-order valence-electron chi connectivity index (χ4n) is 5.16. The molecule has 0 aliphatic heterocycles. The molecule has 36 heavy (non-hydrogen) atoms. The highest BCUT2D eigenvalue weighted by Gasteiger charge is 2.23. The molecule has 0 saturated carbocycles. The summed E-state index contributed by atoms with van der Waals surface area (Å²) in [5.41, 5.74) is 5.73. The Morgan fingerprint density at radius 2 is 1.61 bits per heavy atom. The lowest BCUT2D eigenvalue weighted by molar-refractivity contribution is 1.17. The Morgan fingerprint density at radius 3 is 2.44 bits per heavy atom. The molecule has 166 valence electrons. The molecule has 5 heteroatoms. The summed E-state index contributed by atoms with van der Waals surface area (Å²) in [7, 11) is 0. The van der Waals surface area contributed by atoms with E-state index in [-0.39, 0.29) is 0 Å². The number of nitrogens with zero attached hydrogens (tertiary/aromatic N) is 4. The van der Waals surface area contributed by atoms with Gasteiger partial charge in [0.05, 0.1) is 34.9 Å². The van der Waals surface area contributed by atoms with Gasteiger partial charge < -0.3 is 4.57 Å². The number of fused-ring (bicyclic) bond motifs is 6. The molecule has 4 aromatic carbocycles. The van der Waals surface area contributed by atoms with Crippen molar-refractivity contribution in [3.8, 4) is 22.9 Å². The van der Waals surface area contributed by atoms with Crippen LogP contribution in [0.15, 0.2) is 97.3 Å². The first-order valence-corrected chi connectivity index (χ1v) is 12.3. The zero-order chi connectivity index (χ0) is 24.2. The Kier molecular flexibility index (Phi) is 4.41. The first-order chi connectivity index (χ1) is 17.8. The summed E-state index contributed by atoms with van der Waals surface area (Å²) < 4.78 is 4.08. The van der Waals surface area contributed by atoms with Crippen molar-refractivity contribution in [2.45, 2.75) is 0 Å². The van der Waals surface area contributed by atoms with Crippen LogP contribution in [-0.4, -0.2) is 9.55 Å². The molecule has 0 spiro atoms. The van der Waals surface area contributed by atoms with Crippen LogP contribution in [0.25, 0.3) is 63.6 Å². The number of aromatic nitrogens is 2. The predicted molar refractivity (Wildman–Crippen MR) is 148 cm³/mol. The third-order valence-electron chi connectivity index (χ3n) is 6.75. The molecular weight excluding hydrogens is 460 g/mol. The number of pyridine rings is 1. The number of hydrogen-bond donors (Lipinski definition) is 0. The van der Waals surface area contributed by atoms with Crippen molar-refractivity contribution in [1.82, 2.24) is 9.55 Å². The minimum Gasteiger partial charge on any atom is -0.317 e. The van der Waals surface area contributed by atoms with Gasteiger partial charge >= 0.3 is 0 Å². The lowest BCUT2D eigenvalue weighted by Crippen LogP contribution is -1.98. The summed E-state index contributed by atoms with van der Waals surface area (Å²) in [6.07, 6.45) is 3.63. The van der Waals surface area contributed by atoms with Crippen molar-refractivity contribution < 1.29 is 0 Å². The zero-order valence-electron chi connectivity index (χ0n) is 18.9. The minimum atomic E-state index is 0.486. The van der Waals surface area contributed by atoms with Gasteiger partial charge in [-0.3, -0.25) is 4.98 Å². The SMILES string of the molecule is [C-]#[N+]c1c(-n2c3ccncc3c3cc(-c4ccccc4)ccc32)c(C#N)cc2c1sc1ccccc12. The Balaban J connectivity index is 1.63. The topological polar surface area (TPSA) is 46.0 Å². The first-order valence-electron chi connectivity index (χ1n) is 11.5. The summed E-state index contributed by atoms with van der Waals surface area (Å²) in [4.78, 5) is 8.41. The van der Waals surface area contributed by atoms with Gasteiger partial charge in [0, 0.05) is 32.6 Å². The average molecular weight is 477 g/mol. The van der Waals surface area contributed by atoms with Gasteiger partial charge in [-0.15, -0.1) is 11.3 Å². The third kappa shape index (κ3) is 2.81. The molecule has 3 aromatic heterocycles. The number of thiophene rings is 1. The van der Waals surface area contributed by atoms with Crippen LogP contribution in [0.4, 0.5) is 5.69 Å². The van der Waals surface area contributed by atoms with Crippen LogP contribution in [-0.2, 0) is 0 Å². The van der Waals surface area contributed by atoms with Crippen molar-refractivity contribution >= 4 is 59.0 Å². The molecule has 0 unspecified atom stereocenters. The van der Waals surface area contributed by atoms with Crippen LogP contribution in [0.2, 0.25) is 0 Å². The summed E-state index contributed by atoms with van der Waals surface area (Å²) >= 11 is 1.61. The maximum atomic E-state index is 10.3. The highest BCUT2D eigenvalue weighted by atomic mass is 32.1. The van der Waals surface area contributed by atoms with E-state index in [4.69, 9.17) is 6.57 Å². The molecular formula is C31H16N4S. The second kappa shape index (κ2) is 7.78. The van der Waals surface area contributed by atoms with E-state index in [1.54, 1.807) is 17.5 Å². The largest absolute Gasteiger partial charge is 0.317 e. The lowest BCUT2D eigenvalue weighted by atomic mass is 10.0. The number of rotatable bonds is 2. The second-order valence-corrected chi connectivity index (χ2v) is 9.70. The molecule has 3 heterocycles. The van der Waals surface area contributed by atoms with Gasteiger partial charge in [-0.1, -0.05) is 54.6 Å². The minimum absolute atomic E-state index is 0.486. The Hall–Kier alpha value is -4.97. The van der Waals surface area contributed by atoms with Crippen molar-refractivity contribution in [2.24, 2.45) is 0 Å². The Bertz CT molecular complexity index is 2070. The standard InChI is InChI=1S/C31H16N4S/c1-33-29-30(21(17-32)16-24-22-9-5-6-10-28(22)36-31(24)29)35-26-12-11-20(19-7-3-2-4-8-19)15-23(26)25-18-34-14-13-27(25)35/h2-16,18H. The fourth-order valence-corrected chi connectivity index (χ4v) is 6.34. The highest BCUT2D eigenvalue weighted by Crippen LogP contribution is 2.46. The van der Waals surface area contributed by atoms with Crippen molar-refractivity contribution in [3.05, 3.63) is 114 Å². The van der Waals surface area contributed by atoms with E-state index in [1.807, 2.05) is 48.7 Å². The van der Waals surface area contributed by atoms with Gasteiger partial charge in [-0.05, 0) is 52.2 Å². The number of nitriles is 1. The Morgan fingerprint density at radius 1 is 0.806 bits per heavy atom. The van der Waals surface area contributed by atoms with E-state index in [0.29, 0.717) is 16.9 Å². The van der Waals surface area contributed by atoms with Crippen molar-refractivity contribution in [1.29, 1.82) is 5.26 Å². The van der Waals surface area contributed by atoms with Crippen LogP contribution in [0.5, 0.6) is 0 Å². The van der Waals surface area contributed by atoms with Gasteiger partial charge in [0.2, 0.25) is 5.69 Å². The maximum absolute atomic E-state index is 10.3. The van der Waals surface area contributed by atoms with E-state index in [2.05, 4.69) is 62.9 Å². The van der Waals surface area contributed by atoms with E-state index < -0.39 is 0 Å². The number of benzene rings is 4. The van der Waals surface area contributed by atoms with Crippen LogP contribution in [0.1, 0.15) is 5.56 Å². The van der Waals surface area contributed by atoms with Gasteiger partial charge in [-0.25, -0.2) is 4.85 Å². The molecule has 0 aliphatic carbocycles. The first kappa shape index (κ1) is 20.4. The molecule has 0 saturated heterocycles. The van der Waals surface area contributed by atoms with Crippen LogP contribution < -0.4 is 0 Å². The summed E-state index contributed by atoms with van der Waals surface area (Å²) in [5.74, 6) is 0. The smallest absolute Gasteiger partial charge is 0.229 e. The quantitative estimate of drug-likeness (QED) is 0.234. The van der Waals surface area contributed by atoms with E-state index >= 15 is 0 Å².